The predicted molar refractivity (Wildman–Crippen MR) is 130 cm³/mol. The molecule has 0 saturated carbocycles. The third-order valence-electron chi connectivity index (χ3n) is 5.09. The number of carbonyl (C=O) groups excluding carboxylic acids is 3. The summed E-state index contributed by atoms with van der Waals surface area (Å²) in [4.78, 5) is 39.1. The molecule has 3 rings (SSSR count). The number of rotatable bonds is 11. The summed E-state index contributed by atoms with van der Waals surface area (Å²) in [6.45, 7) is 7.09. The molecule has 35 heavy (non-hydrogen) atoms. The number of carbonyl (C=O) groups is 3. The average molecular weight is 483 g/mol. The van der Waals surface area contributed by atoms with Crippen molar-refractivity contribution in [1.29, 1.82) is 0 Å². The van der Waals surface area contributed by atoms with E-state index >= 15 is 0 Å². The van der Waals surface area contributed by atoms with E-state index in [9.17, 15) is 14.4 Å². The van der Waals surface area contributed by atoms with Crippen molar-refractivity contribution in [1.82, 2.24) is 10.2 Å². The van der Waals surface area contributed by atoms with Crippen LogP contribution in [0.25, 0.3) is 6.08 Å². The summed E-state index contributed by atoms with van der Waals surface area (Å²) in [5.41, 5.74) is 1.04. The number of nitrogens with zero attached hydrogens (tertiary/aromatic N) is 1. The second kappa shape index (κ2) is 11.9. The summed E-state index contributed by atoms with van der Waals surface area (Å²) in [6.07, 6.45) is 2.27. The Balaban J connectivity index is 1.87. The third kappa shape index (κ3) is 6.11. The number of hydrogen-bond acceptors (Lipinski definition) is 7. The summed E-state index contributed by atoms with van der Waals surface area (Å²) >= 11 is 0. The number of imide groups is 2. The van der Waals surface area contributed by atoms with E-state index in [0.717, 1.165) is 11.3 Å². The van der Waals surface area contributed by atoms with E-state index in [1.807, 2.05) is 20.8 Å². The molecule has 0 unspecified atom stereocenters. The molecule has 1 aliphatic rings. The molecule has 1 fully saturated rings. The van der Waals surface area contributed by atoms with Crippen LogP contribution >= 0.6 is 0 Å². The van der Waals surface area contributed by atoms with E-state index in [0.29, 0.717) is 53.9 Å². The molecule has 0 radical (unpaired) electrons. The minimum absolute atomic E-state index is 0.0484. The Hall–Kier alpha value is -4.01. The molecule has 0 aliphatic carbocycles. The lowest BCUT2D eigenvalue weighted by molar-refractivity contribution is -0.130. The van der Waals surface area contributed by atoms with Crippen LogP contribution in [0.1, 0.15) is 38.3 Å². The zero-order chi connectivity index (χ0) is 25.4. The topological polar surface area (TPSA) is 103 Å². The van der Waals surface area contributed by atoms with Crippen LogP contribution in [0.3, 0.4) is 0 Å². The molecular formula is C26H30N2O7. The Labute approximate surface area is 204 Å². The number of benzene rings is 2. The predicted octanol–water partition coefficient (Wildman–Crippen LogP) is 3.94. The van der Waals surface area contributed by atoms with Gasteiger partial charge in [0.15, 0.2) is 23.0 Å². The maximum absolute atomic E-state index is 13.2. The van der Waals surface area contributed by atoms with Gasteiger partial charge in [0.2, 0.25) is 0 Å². The molecular weight excluding hydrogens is 452 g/mol. The molecule has 1 N–H and O–H groups in total. The first-order chi connectivity index (χ1) is 16.9. The lowest BCUT2D eigenvalue weighted by atomic mass is 10.1. The number of barbiturate groups is 1. The first-order valence-electron chi connectivity index (χ1n) is 11.5. The highest BCUT2D eigenvalue weighted by molar-refractivity contribution is 6.30. The number of ether oxygens (including phenoxy) is 4. The van der Waals surface area contributed by atoms with Crippen molar-refractivity contribution in [3.05, 3.63) is 53.1 Å². The maximum Gasteiger partial charge on any atom is 0.331 e. The molecule has 1 aliphatic heterocycles. The van der Waals surface area contributed by atoms with Crippen LogP contribution in [-0.2, 0) is 16.1 Å². The number of urea groups is 1. The van der Waals surface area contributed by atoms with E-state index in [4.69, 9.17) is 18.9 Å². The fourth-order valence-corrected chi connectivity index (χ4v) is 3.49. The van der Waals surface area contributed by atoms with Crippen LogP contribution in [0.15, 0.2) is 42.0 Å². The highest BCUT2D eigenvalue weighted by atomic mass is 16.5. The van der Waals surface area contributed by atoms with E-state index in [2.05, 4.69) is 5.32 Å². The van der Waals surface area contributed by atoms with Crippen molar-refractivity contribution in [2.45, 2.75) is 33.7 Å². The highest BCUT2D eigenvalue weighted by Crippen LogP contribution is 2.31. The largest absolute Gasteiger partial charge is 0.493 e. The second-order valence-corrected chi connectivity index (χ2v) is 7.61. The molecule has 1 saturated heterocycles. The zero-order valence-corrected chi connectivity index (χ0v) is 20.4. The standard InChI is InChI=1S/C26H30N2O7/c1-5-12-35-20-11-9-18(15-22(20)32-4)16-28-25(30)19(24(29)27-26(28)31)13-17-8-10-21(33-6-2)23(14-17)34-7-3/h8-11,13-15H,5-7,12,16H2,1-4H3,(H,27,29,31)/b19-13+. The Morgan fingerprint density at radius 3 is 2.23 bits per heavy atom. The van der Waals surface area contributed by atoms with Gasteiger partial charge >= 0.3 is 6.03 Å². The molecule has 0 atom stereocenters. The molecule has 0 bridgehead atoms. The maximum atomic E-state index is 13.2. The summed E-state index contributed by atoms with van der Waals surface area (Å²) in [5.74, 6) is 0.667. The summed E-state index contributed by atoms with van der Waals surface area (Å²) < 4.78 is 22.2. The van der Waals surface area contributed by atoms with Crippen LogP contribution in [-0.4, -0.2) is 49.7 Å². The van der Waals surface area contributed by atoms with Gasteiger partial charge in [-0.2, -0.15) is 0 Å². The average Bonchev–Trinajstić information content (AvgIpc) is 2.85. The van der Waals surface area contributed by atoms with Crippen LogP contribution in [0.5, 0.6) is 23.0 Å². The van der Waals surface area contributed by atoms with E-state index in [1.165, 1.54) is 13.2 Å². The Kier molecular flexibility index (Phi) is 8.72. The van der Waals surface area contributed by atoms with Crippen molar-refractivity contribution in [3.63, 3.8) is 0 Å². The highest BCUT2D eigenvalue weighted by Gasteiger charge is 2.35. The van der Waals surface area contributed by atoms with Crippen molar-refractivity contribution in [2.24, 2.45) is 0 Å². The van der Waals surface area contributed by atoms with Gasteiger partial charge in [0, 0.05) is 0 Å². The molecule has 4 amide bonds. The second-order valence-electron chi connectivity index (χ2n) is 7.61. The van der Waals surface area contributed by atoms with Crippen LogP contribution < -0.4 is 24.3 Å². The molecule has 9 heteroatoms. The summed E-state index contributed by atoms with van der Waals surface area (Å²) in [7, 11) is 1.52. The first kappa shape index (κ1) is 25.6. The first-order valence-corrected chi connectivity index (χ1v) is 11.5. The van der Waals surface area contributed by atoms with Crippen LogP contribution in [0, 0.1) is 0 Å². The van der Waals surface area contributed by atoms with Gasteiger partial charge in [-0.3, -0.25) is 19.8 Å². The number of nitrogens with one attached hydrogen (secondary N) is 1. The number of amides is 4. The molecule has 0 aromatic heterocycles. The minimum Gasteiger partial charge on any atom is -0.493 e. The van der Waals surface area contributed by atoms with Gasteiger partial charge in [-0.1, -0.05) is 19.1 Å². The number of hydrogen-bond donors (Lipinski definition) is 1. The smallest absolute Gasteiger partial charge is 0.331 e. The van der Waals surface area contributed by atoms with Gasteiger partial charge < -0.3 is 18.9 Å². The van der Waals surface area contributed by atoms with Crippen molar-refractivity contribution in [3.8, 4) is 23.0 Å². The van der Waals surface area contributed by atoms with Crippen LogP contribution in [0.2, 0.25) is 0 Å². The van der Waals surface area contributed by atoms with Crippen LogP contribution in [0.4, 0.5) is 4.79 Å². The number of methoxy groups -OCH3 is 1. The van der Waals surface area contributed by atoms with Gasteiger partial charge in [0.05, 0.1) is 33.5 Å². The van der Waals surface area contributed by atoms with Gasteiger partial charge in [-0.15, -0.1) is 0 Å². The quantitative estimate of drug-likeness (QED) is 0.382. The SMILES string of the molecule is CCCOc1ccc(CN2C(=O)NC(=O)/C(=C\c3ccc(OCC)c(OCC)c3)C2=O)cc1OC. The van der Waals surface area contributed by atoms with Gasteiger partial charge in [-0.25, -0.2) is 4.79 Å². The summed E-state index contributed by atoms with van der Waals surface area (Å²) in [6, 6.07) is 9.49. The van der Waals surface area contributed by atoms with E-state index in [-0.39, 0.29) is 12.1 Å². The van der Waals surface area contributed by atoms with E-state index in [1.54, 1.807) is 36.4 Å². The summed E-state index contributed by atoms with van der Waals surface area (Å²) in [5, 5.41) is 2.24. The van der Waals surface area contributed by atoms with Crippen molar-refractivity contribution < 1.29 is 33.3 Å². The van der Waals surface area contributed by atoms with Gasteiger partial charge in [0.25, 0.3) is 11.8 Å². The third-order valence-corrected chi connectivity index (χ3v) is 5.09. The van der Waals surface area contributed by atoms with Crippen molar-refractivity contribution in [2.75, 3.05) is 26.9 Å². The Morgan fingerprint density at radius 1 is 0.857 bits per heavy atom. The molecule has 2 aromatic rings. The molecule has 1 heterocycles. The fraction of sp³-hybridized carbons (Fsp3) is 0.346. The Morgan fingerprint density at radius 2 is 1.54 bits per heavy atom. The Bertz CT molecular complexity index is 1130. The zero-order valence-electron chi connectivity index (χ0n) is 20.4. The lowest BCUT2D eigenvalue weighted by Gasteiger charge is -2.26. The fourth-order valence-electron chi connectivity index (χ4n) is 3.49. The minimum atomic E-state index is -0.788. The van der Waals surface area contributed by atoms with Crippen molar-refractivity contribution >= 4 is 23.9 Å². The molecule has 0 spiro atoms. The molecule has 2 aromatic carbocycles. The monoisotopic (exact) mass is 482 g/mol. The molecule has 9 nitrogen and oxygen atoms in total. The molecule has 186 valence electrons. The lowest BCUT2D eigenvalue weighted by Crippen LogP contribution is -2.53. The van der Waals surface area contributed by atoms with E-state index < -0.39 is 17.8 Å². The van der Waals surface area contributed by atoms with Gasteiger partial charge in [0.1, 0.15) is 5.57 Å². The normalized spacial score (nSPS) is 14.7. The van der Waals surface area contributed by atoms with Gasteiger partial charge in [-0.05, 0) is 61.7 Å².